The molecule has 11 nitrogen and oxygen atoms in total. The minimum atomic E-state index is -1.22. The molecule has 3 N–H and O–H groups in total. The van der Waals surface area contributed by atoms with Gasteiger partial charge in [-0.25, -0.2) is 9.59 Å². The first kappa shape index (κ1) is 43.1. The summed E-state index contributed by atoms with van der Waals surface area (Å²) in [6.07, 6.45) is 1.41. The number of ether oxygens (including phenoxy) is 4. The zero-order valence-corrected chi connectivity index (χ0v) is 30.6. The van der Waals surface area contributed by atoms with E-state index in [-0.39, 0.29) is 6.04 Å². The molecular formula is C38H57N3O8. The van der Waals surface area contributed by atoms with Crippen LogP contribution >= 0.6 is 0 Å². The molecule has 1 atom stereocenters. The van der Waals surface area contributed by atoms with E-state index in [9.17, 15) is 14.4 Å². The lowest BCUT2D eigenvalue weighted by atomic mass is 10.1. The molecule has 2 aromatic rings. The molecule has 2 aromatic carbocycles. The number of carbonyl (C=O) groups is 3. The molecule has 0 bridgehead atoms. The molecule has 1 heterocycles. The molecule has 0 spiro atoms. The molecule has 272 valence electrons. The molecule has 1 unspecified atom stereocenters. The first-order valence-electron chi connectivity index (χ1n) is 16.7. The third-order valence-electron chi connectivity index (χ3n) is 6.52. The fourth-order valence-electron chi connectivity index (χ4n) is 4.00. The van der Waals surface area contributed by atoms with E-state index in [0.29, 0.717) is 18.7 Å². The summed E-state index contributed by atoms with van der Waals surface area (Å²) in [5, 5.41) is 13.9. The Balaban J connectivity index is 0.000000412. The largest absolute Gasteiger partial charge is 0.506 e. The van der Waals surface area contributed by atoms with Gasteiger partial charge in [-0.2, -0.15) is 0 Å². The van der Waals surface area contributed by atoms with Crippen LogP contribution in [0.1, 0.15) is 88.4 Å². The van der Waals surface area contributed by atoms with E-state index < -0.39 is 23.5 Å². The molecule has 1 amide bonds. The standard InChI is InChI=1S/C20H19NO2.C13H28N2O3.C5H10O3/c22-16-20-9-5-18(6-10-20)2-1-17-3-7-19(8-4-17)15-21-11-13-23-14-12-21;1-6-7-8-17-10-11(14-5)9-15-12(16)18-13(2,3)4;1-5(2,3)8-4(6)7/h3-10,16H,11-15H2;11,14H,6-10H2,1-5H3,(H,15,16);1-3H3,(H,6,7). The zero-order chi connectivity index (χ0) is 36.7. The Bertz CT molecular complexity index is 1280. The van der Waals surface area contributed by atoms with E-state index in [1.165, 1.54) is 5.56 Å². The number of unbranched alkanes of at least 4 members (excludes halogenated alkanes) is 1. The molecule has 0 radical (unpaired) electrons. The Morgan fingerprint density at radius 1 is 0.939 bits per heavy atom. The second-order valence-corrected chi connectivity index (χ2v) is 13.4. The van der Waals surface area contributed by atoms with Crippen molar-refractivity contribution in [3.63, 3.8) is 0 Å². The van der Waals surface area contributed by atoms with E-state index in [1.807, 2.05) is 40.0 Å². The molecule has 11 heteroatoms. The van der Waals surface area contributed by atoms with Crippen LogP contribution < -0.4 is 10.6 Å². The number of hydrogen-bond donors (Lipinski definition) is 3. The fraction of sp³-hybridized carbons (Fsp3) is 0.553. The van der Waals surface area contributed by atoms with Gasteiger partial charge in [0, 0.05) is 55.5 Å². The molecular weight excluding hydrogens is 626 g/mol. The number of alkyl carbamates (subject to hydrolysis) is 1. The Morgan fingerprint density at radius 3 is 1.94 bits per heavy atom. The predicted molar refractivity (Wildman–Crippen MR) is 192 cm³/mol. The summed E-state index contributed by atoms with van der Waals surface area (Å²) in [4.78, 5) is 34.3. The van der Waals surface area contributed by atoms with Gasteiger partial charge in [0.2, 0.25) is 0 Å². The van der Waals surface area contributed by atoms with Crippen LogP contribution in [-0.2, 0) is 25.5 Å². The quantitative estimate of drug-likeness (QED) is 0.110. The SMILES string of the molecule is CC(C)(C)OC(=O)O.CCCCOCC(CNC(=O)OC(C)(C)C)NC.O=Cc1ccc(C#Cc2ccc(CN3CCOCC3)cc2)cc1. The third kappa shape index (κ3) is 23.1. The number of amides is 1. The van der Waals surface area contributed by atoms with E-state index >= 15 is 0 Å². The summed E-state index contributed by atoms with van der Waals surface area (Å²) < 4.78 is 20.4. The molecule has 3 rings (SSSR count). The average molecular weight is 684 g/mol. The van der Waals surface area contributed by atoms with Gasteiger partial charge in [0.15, 0.2) is 0 Å². The summed E-state index contributed by atoms with van der Waals surface area (Å²) in [6.45, 7) is 19.2. The number of rotatable bonds is 11. The second-order valence-electron chi connectivity index (χ2n) is 13.4. The topological polar surface area (TPSA) is 136 Å². The molecule has 0 aromatic heterocycles. The monoisotopic (exact) mass is 683 g/mol. The normalized spacial score (nSPS) is 13.6. The van der Waals surface area contributed by atoms with Gasteiger partial charge in [-0.15, -0.1) is 0 Å². The van der Waals surface area contributed by atoms with Gasteiger partial charge < -0.3 is 34.7 Å². The van der Waals surface area contributed by atoms with Crippen LogP contribution in [0.25, 0.3) is 0 Å². The first-order valence-corrected chi connectivity index (χ1v) is 16.7. The third-order valence-corrected chi connectivity index (χ3v) is 6.52. The maximum atomic E-state index is 11.5. The summed E-state index contributed by atoms with van der Waals surface area (Å²) in [7, 11) is 1.85. The number of carboxylic acid groups (broad SMARTS) is 1. The van der Waals surface area contributed by atoms with Crippen LogP contribution in [0.4, 0.5) is 9.59 Å². The highest BCUT2D eigenvalue weighted by Gasteiger charge is 2.17. The highest BCUT2D eigenvalue weighted by Crippen LogP contribution is 2.10. The Kier molecular flexibility index (Phi) is 20.6. The maximum absolute atomic E-state index is 11.5. The predicted octanol–water partition coefficient (Wildman–Crippen LogP) is 6.13. The molecule has 49 heavy (non-hydrogen) atoms. The van der Waals surface area contributed by atoms with Crippen molar-refractivity contribution in [1.29, 1.82) is 0 Å². The van der Waals surface area contributed by atoms with Crippen molar-refractivity contribution in [3.05, 3.63) is 70.8 Å². The van der Waals surface area contributed by atoms with Gasteiger partial charge in [0.05, 0.1) is 19.8 Å². The number of nitrogens with zero attached hydrogens (tertiary/aromatic N) is 1. The molecule has 0 aliphatic carbocycles. The number of aldehydes is 1. The molecule has 1 aliphatic rings. The lowest BCUT2D eigenvalue weighted by Crippen LogP contribution is -2.43. The van der Waals surface area contributed by atoms with Crippen molar-refractivity contribution in [2.75, 3.05) is 53.1 Å². The van der Waals surface area contributed by atoms with E-state index in [0.717, 1.165) is 69.7 Å². The van der Waals surface area contributed by atoms with Crippen molar-refractivity contribution >= 4 is 18.5 Å². The lowest BCUT2D eigenvalue weighted by molar-refractivity contribution is 0.0149. The highest BCUT2D eigenvalue weighted by molar-refractivity contribution is 5.74. The van der Waals surface area contributed by atoms with Gasteiger partial charge in [0.25, 0.3) is 0 Å². The van der Waals surface area contributed by atoms with Crippen LogP contribution in [0.2, 0.25) is 0 Å². The van der Waals surface area contributed by atoms with Gasteiger partial charge in [-0.05, 0) is 84.8 Å². The van der Waals surface area contributed by atoms with Gasteiger partial charge in [0.1, 0.15) is 17.5 Å². The number of likely N-dealkylation sites (N-methyl/N-ethyl adjacent to an activating group) is 1. The summed E-state index contributed by atoms with van der Waals surface area (Å²) >= 11 is 0. The number of nitrogens with one attached hydrogen (secondary N) is 2. The summed E-state index contributed by atoms with van der Waals surface area (Å²) in [6, 6.07) is 15.8. The maximum Gasteiger partial charge on any atom is 0.506 e. The number of benzene rings is 2. The molecule has 1 fully saturated rings. The van der Waals surface area contributed by atoms with E-state index in [4.69, 9.17) is 19.3 Å². The number of hydrogen-bond acceptors (Lipinski definition) is 9. The van der Waals surface area contributed by atoms with Crippen LogP contribution in [0, 0.1) is 11.8 Å². The molecule has 0 saturated carbocycles. The smallest absolute Gasteiger partial charge is 0.450 e. The van der Waals surface area contributed by atoms with Crippen molar-refractivity contribution in [2.45, 2.75) is 85.1 Å². The van der Waals surface area contributed by atoms with Crippen LogP contribution in [-0.4, -0.2) is 98.9 Å². The van der Waals surface area contributed by atoms with E-state index in [1.54, 1.807) is 32.9 Å². The zero-order valence-electron chi connectivity index (χ0n) is 30.6. The lowest BCUT2D eigenvalue weighted by Gasteiger charge is -2.26. The second kappa shape index (κ2) is 23.4. The minimum absolute atomic E-state index is 0.106. The Hall–Kier alpha value is -3.95. The summed E-state index contributed by atoms with van der Waals surface area (Å²) in [5.74, 6) is 6.28. The van der Waals surface area contributed by atoms with Gasteiger partial charge >= 0.3 is 12.2 Å². The van der Waals surface area contributed by atoms with Crippen molar-refractivity contribution in [2.24, 2.45) is 0 Å². The van der Waals surface area contributed by atoms with Crippen molar-refractivity contribution in [3.8, 4) is 11.8 Å². The fourth-order valence-corrected chi connectivity index (χ4v) is 4.00. The van der Waals surface area contributed by atoms with Gasteiger partial charge in [-0.3, -0.25) is 9.69 Å². The molecule has 1 saturated heterocycles. The van der Waals surface area contributed by atoms with Crippen LogP contribution in [0.15, 0.2) is 48.5 Å². The van der Waals surface area contributed by atoms with Crippen LogP contribution in [0.3, 0.4) is 0 Å². The average Bonchev–Trinajstić information content (AvgIpc) is 3.03. The molecule has 1 aliphatic heterocycles. The minimum Gasteiger partial charge on any atom is -0.450 e. The highest BCUT2D eigenvalue weighted by atomic mass is 16.7. The van der Waals surface area contributed by atoms with E-state index in [2.05, 4.69) is 63.3 Å². The van der Waals surface area contributed by atoms with Crippen LogP contribution in [0.5, 0.6) is 0 Å². The Labute approximate surface area is 293 Å². The Morgan fingerprint density at radius 2 is 1.49 bits per heavy atom. The van der Waals surface area contributed by atoms with Crippen molar-refractivity contribution < 1.29 is 38.4 Å². The van der Waals surface area contributed by atoms with Crippen molar-refractivity contribution in [1.82, 2.24) is 15.5 Å². The van der Waals surface area contributed by atoms with Gasteiger partial charge in [-0.1, -0.05) is 49.5 Å². The summed E-state index contributed by atoms with van der Waals surface area (Å²) in [5.41, 5.74) is 2.84. The number of carbonyl (C=O) groups excluding carboxylic acids is 2. The number of morpholine rings is 1. The first-order chi connectivity index (χ1) is 23.1.